The van der Waals surface area contributed by atoms with Crippen molar-refractivity contribution in [1.82, 2.24) is 5.32 Å². The molecule has 11 heteroatoms. The molecule has 0 aromatic carbocycles. The summed E-state index contributed by atoms with van der Waals surface area (Å²) in [5, 5.41) is 57.1. The second-order valence-electron chi connectivity index (χ2n) is 23.9. The first-order valence-electron chi connectivity index (χ1n) is 34.1. The van der Waals surface area contributed by atoms with Crippen LogP contribution in [0.4, 0.5) is 0 Å². The van der Waals surface area contributed by atoms with E-state index in [0.29, 0.717) is 19.3 Å². The van der Waals surface area contributed by atoms with Gasteiger partial charge in [0.1, 0.15) is 24.4 Å². The molecule has 1 amide bonds. The number of allylic oxidation sites excluding steroid dienone is 3. The van der Waals surface area contributed by atoms with E-state index in [9.17, 15) is 35.1 Å². The van der Waals surface area contributed by atoms with Crippen LogP contribution in [0.2, 0.25) is 0 Å². The number of hydrogen-bond donors (Lipinski definition) is 6. The molecule has 11 nitrogen and oxygen atoms in total. The van der Waals surface area contributed by atoms with Gasteiger partial charge in [-0.05, 0) is 51.4 Å². The predicted octanol–water partition coefficient (Wildman–Crippen LogP) is 16.8. The third kappa shape index (κ3) is 44.4. The van der Waals surface area contributed by atoms with Crippen LogP contribution in [0, 0.1) is 0 Å². The van der Waals surface area contributed by atoms with Gasteiger partial charge >= 0.3 is 5.97 Å². The maximum atomic E-state index is 13.5. The molecule has 8 atom stereocenters. The molecule has 1 fully saturated rings. The van der Waals surface area contributed by atoms with E-state index in [1.54, 1.807) is 6.08 Å². The molecule has 1 aliphatic heterocycles. The van der Waals surface area contributed by atoms with Crippen LogP contribution >= 0.6 is 0 Å². The Bertz CT molecular complexity index is 1380. The zero-order chi connectivity index (χ0) is 57.5. The second-order valence-corrected chi connectivity index (χ2v) is 23.9. The molecular formula is C68H129NO10. The zero-order valence-electron chi connectivity index (χ0n) is 51.8. The highest BCUT2D eigenvalue weighted by Gasteiger charge is 2.47. The number of esters is 1. The summed E-state index contributed by atoms with van der Waals surface area (Å²) in [5.41, 5.74) is 0. The Balaban J connectivity index is 2.57. The number of carbonyl (C=O) groups excluding carboxylic acids is 2. The summed E-state index contributed by atoms with van der Waals surface area (Å²) in [6.45, 7) is 5.82. The molecule has 0 spiro atoms. The summed E-state index contributed by atoms with van der Waals surface area (Å²) in [7, 11) is 0. The molecular weight excluding hydrogens is 991 g/mol. The van der Waals surface area contributed by atoms with Gasteiger partial charge in [-0.25, -0.2) is 0 Å². The van der Waals surface area contributed by atoms with Gasteiger partial charge < -0.3 is 45.1 Å². The highest BCUT2D eigenvalue weighted by atomic mass is 16.7. The number of hydrogen-bond acceptors (Lipinski definition) is 10. The Morgan fingerprint density at radius 3 is 1.23 bits per heavy atom. The summed E-state index contributed by atoms with van der Waals surface area (Å²) in [5.74, 6) is -1.18. The third-order valence-corrected chi connectivity index (χ3v) is 16.4. The number of unbranched alkanes of at least 4 members (excludes halogenated alkanes) is 43. The highest BCUT2D eigenvalue weighted by Crippen LogP contribution is 2.26. The van der Waals surface area contributed by atoms with Crippen LogP contribution in [0.5, 0.6) is 0 Å². The van der Waals surface area contributed by atoms with Crippen LogP contribution in [0.3, 0.4) is 0 Å². The van der Waals surface area contributed by atoms with E-state index in [4.69, 9.17) is 14.2 Å². The quantitative estimate of drug-likeness (QED) is 0.0195. The normalized spacial score (nSPS) is 18.9. The van der Waals surface area contributed by atoms with E-state index in [1.165, 1.54) is 231 Å². The van der Waals surface area contributed by atoms with E-state index in [1.807, 2.05) is 6.08 Å². The molecule has 0 aromatic rings. The molecule has 1 heterocycles. The van der Waals surface area contributed by atoms with Gasteiger partial charge in [0.2, 0.25) is 5.91 Å². The molecule has 0 aliphatic carbocycles. The van der Waals surface area contributed by atoms with Gasteiger partial charge in [-0.1, -0.05) is 302 Å². The molecule has 6 N–H and O–H groups in total. The van der Waals surface area contributed by atoms with Gasteiger partial charge in [0.15, 0.2) is 12.4 Å². The van der Waals surface area contributed by atoms with Gasteiger partial charge in [0, 0.05) is 6.42 Å². The number of aliphatic hydroxyl groups excluding tert-OH is 5. The lowest BCUT2D eigenvalue weighted by Gasteiger charge is -2.41. The van der Waals surface area contributed by atoms with Crippen molar-refractivity contribution >= 4 is 11.9 Å². The van der Waals surface area contributed by atoms with E-state index in [0.717, 1.165) is 57.8 Å². The molecule has 466 valence electrons. The van der Waals surface area contributed by atoms with Crippen molar-refractivity contribution in [2.75, 3.05) is 13.2 Å². The topological polar surface area (TPSA) is 175 Å². The summed E-state index contributed by atoms with van der Waals surface area (Å²) in [6.07, 6.45) is 56.5. The van der Waals surface area contributed by atoms with Crippen molar-refractivity contribution in [3.63, 3.8) is 0 Å². The number of ether oxygens (including phenoxy) is 3. The first-order valence-corrected chi connectivity index (χ1v) is 34.1. The maximum Gasteiger partial charge on any atom is 0.306 e. The number of carbonyl (C=O) groups is 2. The Kier molecular flexibility index (Phi) is 53.9. The fourth-order valence-corrected chi connectivity index (χ4v) is 10.9. The Labute approximate surface area is 486 Å². The lowest BCUT2D eigenvalue weighted by atomic mass is 9.99. The fraction of sp³-hybridized carbons (Fsp3) is 0.912. The molecule has 0 saturated carbocycles. The van der Waals surface area contributed by atoms with Crippen LogP contribution in [0.25, 0.3) is 0 Å². The molecule has 79 heavy (non-hydrogen) atoms. The molecule has 0 aromatic heterocycles. The molecule has 1 saturated heterocycles. The summed E-state index contributed by atoms with van der Waals surface area (Å²) < 4.78 is 17.7. The number of aliphatic hydroxyl groups is 5. The molecule has 0 bridgehead atoms. The van der Waals surface area contributed by atoms with E-state index in [2.05, 4.69) is 38.2 Å². The number of nitrogens with one attached hydrogen (secondary N) is 1. The zero-order valence-corrected chi connectivity index (χ0v) is 51.8. The number of amides is 1. The van der Waals surface area contributed by atoms with Gasteiger partial charge in [-0.3, -0.25) is 9.59 Å². The van der Waals surface area contributed by atoms with E-state index >= 15 is 0 Å². The van der Waals surface area contributed by atoms with Crippen LogP contribution in [0.1, 0.15) is 335 Å². The lowest BCUT2D eigenvalue weighted by molar-refractivity contribution is -0.305. The van der Waals surface area contributed by atoms with Crippen LogP contribution in [-0.2, 0) is 23.8 Å². The average molecular weight is 1120 g/mol. The molecule has 8 unspecified atom stereocenters. The largest absolute Gasteiger partial charge is 0.454 e. The highest BCUT2D eigenvalue weighted by molar-refractivity contribution is 5.80. The van der Waals surface area contributed by atoms with Crippen molar-refractivity contribution in [1.29, 1.82) is 0 Å². The Hall–Kier alpha value is -1.86. The standard InChI is InChI=1S/C68H129NO10/c1-4-7-10-13-16-19-22-25-27-28-29-30-31-32-33-34-35-36-37-40-43-46-49-52-55-61(72)67(76)69-59(60(71)54-51-48-45-42-39-24-21-18-15-12-9-6-3)58-77-68-66(65(75)64(74)62(57-70)78-68)79-63(73)56-53-50-47-44-41-38-26-23-20-17-14-11-8-5-2/h25,27,51,54,59-62,64-66,68,70-72,74-75H,4-24,26,28-50,52-53,55-58H2,1-3H3,(H,69,76)/b27-25+,54-51+. The molecule has 1 aliphatic rings. The van der Waals surface area contributed by atoms with Crippen molar-refractivity contribution in [3.8, 4) is 0 Å². The average Bonchev–Trinajstić information content (AvgIpc) is 3.46. The molecule has 1 rings (SSSR count). The van der Waals surface area contributed by atoms with Crippen LogP contribution < -0.4 is 5.32 Å². The van der Waals surface area contributed by atoms with Crippen molar-refractivity contribution < 1.29 is 49.3 Å². The van der Waals surface area contributed by atoms with E-state index in [-0.39, 0.29) is 13.0 Å². The summed E-state index contributed by atoms with van der Waals surface area (Å²) in [6, 6.07) is -1.02. The minimum atomic E-state index is -1.61. The van der Waals surface area contributed by atoms with Crippen molar-refractivity contribution in [2.24, 2.45) is 0 Å². The monoisotopic (exact) mass is 1120 g/mol. The number of rotatable bonds is 59. The van der Waals surface area contributed by atoms with Crippen LogP contribution in [0.15, 0.2) is 24.3 Å². The van der Waals surface area contributed by atoms with Crippen molar-refractivity contribution in [2.45, 2.75) is 384 Å². The summed E-state index contributed by atoms with van der Waals surface area (Å²) >= 11 is 0. The van der Waals surface area contributed by atoms with Crippen molar-refractivity contribution in [3.05, 3.63) is 24.3 Å². The first kappa shape index (κ1) is 75.2. The SMILES string of the molecule is CCCCCCCC/C=C/CCCCCCCCCCCCCCCCC(O)C(=O)NC(COC1OC(CO)C(O)C(O)C1OC(=O)CCCCCCCCCCCCCCCC)C(O)/C=C/CCCCCCCCCCCC. The second kappa shape index (κ2) is 56.6. The fourth-order valence-electron chi connectivity index (χ4n) is 10.9. The minimum Gasteiger partial charge on any atom is -0.454 e. The van der Waals surface area contributed by atoms with Crippen LogP contribution in [-0.4, -0.2) is 99.6 Å². The third-order valence-electron chi connectivity index (χ3n) is 16.4. The maximum absolute atomic E-state index is 13.5. The minimum absolute atomic E-state index is 0.130. The van der Waals surface area contributed by atoms with E-state index < -0.39 is 67.4 Å². The Morgan fingerprint density at radius 2 is 0.835 bits per heavy atom. The van der Waals surface area contributed by atoms with Gasteiger partial charge in [-0.2, -0.15) is 0 Å². The lowest BCUT2D eigenvalue weighted by Crippen LogP contribution is -2.61. The first-order chi connectivity index (χ1) is 38.7. The van der Waals surface area contributed by atoms with Gasteiger partial charge in [0.25, 0.3) is 0 Å². The summed E-state index contributed by atoms with van der Waals surface area (Å²) in [4.78, 5) is 26.6. The van der Waals surface area contributed by atoms with Gasteiger partial charge in [0.05, 0.1) is 25.4 Å². The smallest absolute Gasteiger partial charge is 0.306 e. The Morgan fingerprint density at radius 1 is 0.481 bits per heavy atom. The predicted molar refractivity (Wildman–Crippen MR) is 329 cm³/mol. The molecule has 0 radical (unpaired) electrons. The van der Waals surface area contributed by atoms with Gasteiger partial charge in [-0.15, -0.1) is 0 Å².